The van der Waals surface area contributed by atoms with E-state index in [2.05, 4.69) is 5.16 Å². The number of carbonyl (C=O) groups is 1. The molecular weight excluding hydrogens is 255 g/mol. The van der Waals surface area contributed by atoms with Crippen LogP contribution in [0.5, 0.6) is 0 Å². The number of amides is 1. The monoisotopic (exact) mass is 272 g/mol. The fourth-order valence-corrected chi connectivity index (χ4v) is 1.86. The minimum Gasteiger partial charge on any atom is -1.00 e. The topological polar surface area (TPSA) is 62.1 Å². The van der Waals surface area contributed by atoms with Crippen molar-refractivity contribution in [1.82, 2.24) is 4.90 Å². The molecule has 0 radical (unpaired) electrons. The van der Waals surface area contributed by atoms with Crippen LogP contribution in [-0.4, -0.2) is 34.9 Å². The number of nitrogens with zero attached hydrogens (tertiary/aromatic N) is 2. The smallest absolute Gasteiger partial charge is 1.00 e. The Balaban J connectivity index is 0.00000180. The number of likely N-dealkylation sites (tertiary alicyclic amines) is 1. The van der Waals surface area contributed by atoms with Gasteiger partial charge >= 0.3 is 35.7 Å². The average molecular weight is 272 g/mol. The first-order chi connectivity index (χ1) is 8.75. The molecule has 0 spiro atoms. The Morgan fingerprint density at radius 3 is 2.84 bits per heavy atom. The summed E-state index contributed by atoms with van der Waals surface area (Å²) in [6.07, 6.45) is 0.712. The molecule has 0 unspecified atom stereocenters. The molecule has 1 aromatic rings. The van der Waals surface area contributed by atoms with E-state index in [0.29, 0.717) is 19.7 Å². The van der Waals surface area contributed by atoms with Crippen LogP contribution < -0.4 is 29.6 Å². The van der Waals surface area contributed by atoms with E-state index in [1.807, 2.05) is 30.3 Å². The maximum absolute atomic E-state index is 10.8. The van der Waals surface area contributed by atoms with Crippen LogP contribution >= 0.6 is 0 Å². The molecule has 1 aliphatic heterocycles. The van der Waals surface area contributed by atoms with Gasteiger partial charge in [0, 0.05) is 6.54 Å². The van der Waals surface area contributed by atoms with Crippen molar-refractivity contribution in [3.63, 3.8) is 0 Å². The molecule has 1 N–H and O–H groups in total. The third-order valence-corrected chi connectivity index (χ3v) is 2.80. The molecule has 6 heteroatoms. The van der Waals surface area contributed by atoms with Crippen molar-refractivity contribution < 1.29 is 45.7 Å². The normalized spacial score (nSPS) is 16.8. The SMILES string of the molecule is O=C(O)N1CCCC(=NOCc2ccccc2)C1.[H-].[Na+]. The fraction of sp³-hybridized carbons (Fsp3) is 0.385. The van der Waals surface area contributed by atoms with E-state index in [-0.39, 0.29) is 31.0 Å². The van der Waals surface area contributed by atoms with Gasteiger partial charge in [-0.15, -0.1) is 0 Å². The van der Waals surface area contributed by atoms with Gasteiger partial charge in [-0.3, -0.25) is 0 Å². The molecule has 0 saturated carbocycles. The van der Waals surface area contributed by atoms with Crippen LogP contribution in [0.25, 0.3) is 0 Å². The molecule has 0 aromatic heterocycles. The predicted octanol–water partition coefficient (Wildman–Crippen LogP) is -0.550. The molecule has 1 aliphatic rings. The Morgan fingerprint density at radius 1 is 1.42 bits per heavy atom. The number of piperidine rings is 1. The van der Waals surface area contributed by atoms with Crippen LogP contribution in [0.4, 0.5) is 4.79 Å². The van der Waals surface area contributed by atoms with Crippen molar-refractivity contribution in [2.45, 2.75) is 19.4 Å². The van der Waals surface area contributed by atoms with Gasteiger partial charge < -0.3 is 16.3 Å². The molecule has 0 bridgehead atoms. The summed E-state index contributed by atoms with van der Waals surface area (Å²) in [5.41, 5.74) is 1.84. The zero-order valence-electron chi connectivity index (χ0n) is 12.1. The summed E-state index contributed by atoms with van der Waals surface area (Å²) in [4.78, 5) is 17.4. The number of carboxylic acid groups (broad SMARTS) is 1. The van der Waals surface area contributed by atoms with E-state index < -0.39 is 6.09 Å². The van der Waals surface area contributed by atoms with E-state index in [9.17, 15) is 4.79 Å². The van der Waals surface area contributed by atoms with E-state index in [4.69, 9.17) is 9.94 Å². The minimum atomic E-state index is -0.898. The Kier molecular flexibility index (Phi) is 6.91. The Bertz CT molecular complexity index is 443. The van der Waals surface area contributed by atoms with Crippen molar-refractivity contribution in [3.8, 4) is 0 Å². The number of hydrogen-bond acceptors (Lipinski definition) is 3. The fourth-order valence-electron chi connectivity index (χ4n) is 1.86. The summed E-state index contributed by atoms with van der Waals surface area (Å²) in [5, 5.41) is 12.9. The van der Waals surface area contributed by atoms with Crippen LogP contribution in [0.3, 0.4) is 0 Å². The largest absolute Gasteiger partial charge is 1.00 e. The zero-order chi connectivity index (χ0) is 12.8. The quantitative estimate of drug-likeness (QED) is 0.593. The predicted molar refractivity (Wildman–Crippen MR) is 68.6 cm³/mol. The van der Waals surface area contributed by atoms with Gasteiger partial charge in [-0.05, 0) is 18.4 Å². The van der Waals surface area contributed by atoms with Crippen LogP contribution in [0.1, 0.15) is 19.8 Å². The Morgan fingerprint density at radius 2 is 2.16 bits per heavy atom. The van der Waals surface area contributed by atoms with Crippen LogP contribution in [0, 0.1) is 0 Å². The first kappa shape index (κ1) is 16.0. The second-order valence-corrected chi connectivity index (χ2v) is 4.22. The molecule has 5 nitrogen and oxygen atoms in total. The third-order valence-electron chi connectivity index (χ3n) is 2.80. The van der Waals surface area contributed by atoms with Crippen LogP contribution in [0.2, 0.25) is 0 Å². The van der Waals surface area contributed by atoms with Gasteiger partial charge in [0.05, 0.1) is 12.3 Å². The molecule has 98 valence electrons. The minimum absolute atomic E-state index is 0. The molecular formula is C13H17N2NaO3. The summed E-state index contributed by atoms with van der Waals surface area (Å²) in [6.45, 7) is 1.34. The molecule has 19 heavy (non-hydrogen) atoms. The number of rotatable bonds is 3. The van der Waals surface area contributed by atoms with E-state index >= 15 is 0 Å². The summed E-state index contributed by atoms with van der Waals surface area (Å²) in [7, 11) is 0. The summed E-state index contributed by atoms with van der Waals surface area (Å²) < 4.78 is 0. The summed E-state index contributed by atoms with van der Waals surface area (Å²) >= 11 is 0. The maximum Gasteiger partial charge on any atom is 1.00 e. The first-order valence-corrected chi connectivity index (χ1v) is 5.95. The molecule has 0 atom stereocenters. The van der Waals surface area contributed by atoms with Crippen molar-refractivity contribution in [2.75, 3.05) is 13.1 Å². The van der Waals surface area contributed by atoms with Gasteiger partial charge in [-0.2, -0.15) is 0 Å². The van der Waals surface area contributed by atoms with Gasteiger partial charge in [-0.25, -0.2) is 4.79 Å². The second-order valence-electron chi connectivity index (χ2n) is 4.22. The Hall–Kier alpha value is -1.04. The molecule has 0 aliphatic carbocycles. The van der Waals surface area contributed by atoms with Crippen LogP contribution in [-0.2, 0) is 11.4 Å². The molecule has 1 fully saturated rings. The zero-order valence-corrected chi connectivity index (χ0v) is 13.1. The molecule has 1 saturated heterocycles. The third kappa shape index (κ3) is 5.22. The van der Waals surface area contributed by atoms with Crippen molar-refractivity contribution in [3.05, 3.63) is 35.9 Å². The standard InChI is InChI=1S/C13H16N2O3.Na.H/c16-13(17)15-8-4-7-12(9-15)14-18-10-11-5-2-1-3-6-11;;/h1-3,5-6H,4,7-10H2,(H,16,17);;/q;+1;-1. The van der Waals surface area contributed by atoms with Crippen molar-refractivity contribution >= 4 is 11.8 Å². The number of benzene rings is 1. The summed E-state index contributed by atoms with van der Waals surface area (Å²) in [5.74, 6) is 0. The second kappa shape index (κ2) is 8.19. The van der Waals surface area contributed by atoms with Gasteiger partial charge in [0.15, 0.2) is 0 Å². The molecule has 2 rings (SSSR count). The van der Waals surface area contributed by atoms with Gasteiger partial charge in [-0.1, -0.05) is 35.5 Å². The van der Waals surface area contributed by atoms with E-state index in [1.54, 1.807) is 0 Å². The van der Waals surface area contributed by atoms with E-state index in [0.717, 1.165) is 24.1 Å². The van der Waals surface area contributed by atoms with Crippen LogP contribution in [0.15, 0.2) is 35.5 Å². The summed E-state index contributed by atoms with van der Waals surface area (Å²) in [6, 6.07) is 9.76. The molecule has 1 aromatic carbocycles. The molecule has 1 amide bonds. The van der Waals surface area contributed by atoms with Gasteiger partial charge in [0.2, 0.25) is 0 Å². The molecule has 1 heterocycles. The number of oxime groups is 1. The van der Waals surface area contributed by atoms with Crippen molar-refractivity contribution in [1.29, 1.82) is 0 Å². The number of hydrogen-bond donors (Lipinski definition) is 1. The van der Waals surface area contributed by atoms with Crippen molar-refractivity contribution in [2.24, 2.45) is 5.16 Å². The van der Waals surface area contributed by atoms with Gasteiger partial charge in [0.25, 0.3) is 0 Å². The van der Waals surface area contributed by atoms with Gasteiger partial charge in [0.1, 0.15) is 6.61 Å². The first-order valence-electron chi connectivity index (χ1n) is 5.95. The maximum atomic E-state index is 10.8. The average Bonchev–Trinajstić information content (AvgIpc) is 2.40. The van der Waals surface area contributed by atoms with E-state index in [1.165, 1.54) is 4.90 Å². The Labute approximate surface area is 136 Å².